The molecule has 98 valence electrons. The van der Waals surface area contributed by atoms with Crippen LogP contribution in [0, 0.1) is 0 Å². The van der Waals surface area contributed by atoms with Gasteiger partial charge in [0.1, 0.15) is 5.75 Å². The Hall–Kier alpha value is -1.98. The molecular weight excluding hydrogens is 246 g/mol. The number of ether oxygens (including phenoxy) is 2. The van der Waals surface area contributed by atoms with Crippen molar-refractivity contribution in [3.8, 4) is 5.75 Å². The summed E-state index contributed by atoms with van der Waals surface area (Å²) in [4.78, 5) is 22.0. The lowest BCUT2D eigenvalue weighted by Gasteiger charge is -2.16. The van der Waals surface area contributed by atoms with E-state index in [0.29, 0.717) is 0 Å². The number of rotatable bonds is 5. The number of benzene rings is 1. The summed E-state index contributed by atoms with van der Waals surface area (Å²) in [5.41, 5.74) is 0.215. The maximum atomic E-state index is 13.2. The van der Waals surface area contributed by atoms with E-state index in [0.717, 1.165) is 6.07 Å². The largest absolute Gasteiger partial charge is 0.502 e. The Labute approximate surface area is 103 Å². The first kappa shape index (κ1) is 14.1. The van der Waals surface area contributed by atoms with Gasteiger partial charge in [-0.05, 0) is 26.0 Å². The summed E-state index contributed by atoms with van der Waals surface area (Å²) in [6.45, 7) is 2.53. The minimum Gasteiger partial charge on any atom is -0.459 e. The molecule has 1 aromatic carbocycles. The Balaban J connectivity index is 2.86. The van der Waals surface area contributed by atoms with Crippen LogP contribution in [0.3, 0.4) is 0 Å². The van der Waals surface area contributed by atoms with E-state index in [4.69, 9.17) is 0 Å². The minimum absolute atomic E-state index is 0.175. The highest BCUT2D eigenvalue weighted by atomic mass is 19.3. The van der Waals surface area contributed by atoms with Crippen molar-refractivity contribution in [1.82, 2.24) is 0 Å². The van der Waals surface area contributed by atoms with Crippen LogP contribution in [0.1, 0.15) is 24.2 Å². The van der Waals surface area contributed by atoms with Crippen molar-refractivity contribution in [3.63, 3.8) is 0 Å². The summed E-state index contributed by atoms with van der Waals surface area (Å²) < 4.78 is 34.9. The monoisotopic (exact) mass is 258 g/mol. The summed E-state index contributed by atoms with van der Waals surface area (Å²) in [6.07, 6.45) is -4.08. The van der Waals surface area contributed by atoms with E-state index in [1.165, 1.54) is 32.0 Å². The lowest BCUT2D eigenvalue weighted by molar-refractivity contribution is -0.216. The first-order valence-corrected chi connectivity index (χ1v) is 5.22. The second-order valence-electron chi connectivity index (χ2n) is 3.42. The number of carbonyl (C=O) groups is 2. The molecule has 0 aliphatic heterocycles. The molecule has 0 saturated carbocycles. The van der Waals surface area contributed by atoms with Crippen LogP contribution in [0.25, 0.3) is 0 Å². The molecule has 6 heteroatoms. The van der Waals surface area contributed by atoms with Crippen LogP contribution in [0.2, 0.25) is 0 Å². The van der Waals surface area contributed by atoms with Gasteiger partial charge in [-0.1, -0.05) is 12.1 Å². The maximum Gasteiger partial charge on any atom is 0.502 e. The molecule has 0 aromatic heterocycles. The summed E-state index contributed by atoms with van der Waals surface area (Å²) in [7, 11) is 0. The SMILES string of the molecule is CCOC(=O)C(F)(F)Oc1cccc(C(C)=O)c1. The Kier molecular flexibility index (Phi) is 4.36. The normalized spacial score (nSPS) is 10.9. The van der Waals surface area contributed by atoms with E-state index < -0.39 is 12.1 Å². The molecule has 0 fully saturated rings. The van der Waals surface area contributed by atoms with Crippen LogP contribution in [-0.2, 0) is 9.53 Å². The van der Waals surface area contributed by atoms with Gasteiger partial charge in [0.15, 0.2) is 5.78 Å². The minimum atomic E-state index is -4.08. The van der Waals surface area contributed by atoms with Gasteiger partial charge >= 0.3 is 12.1 Å². The molecule has 0 atom stereocenters. The van der Waals surface area contributed by atoms with Crippen molar-refractivity contribution in [1.29, 1.82) is 0 Å². The van der Waals surface area contributed by atoms with E-state index in [1.54, 1.807) is 0 Å². The molecule has 0 saturated heterocycles. The van der Waals surface area contributed by atoms with Gasteiger partial charge in [0.2, 0.25) is 0 Å². The zero-order chi connectivity index (χ0) is 13.8. The van der Waals surface area contributed by atoms with Gasteiger partial charge in [-0.2, -0.15) is 8.78 Å². The van der Waals surface area contributed by atoms with Gasteiger partial charge in [-0.15, -0.1) is 0 Å². The number of alkyl halides is 2. The van der Waals surface area contributed by atoms with Crippen LogP contribution in [-0.4, -0.2) is 24.5 Å². The highest BCUT2D eigenvalue weighted by Gasteiger charge is 2.44. The molecule has 0 unspecified atom stereocenters. The average molecular weight is 258 g/mol. The third-order valence-corrected chi connectivity index (χ3v) is 2.00. The van der Waals surface area contributed by atoms with Crippen LogP contribution < -0.4 is 4.74 Å². The quantitative estimate of drug-likeness (QED) is 0.601. The molecule has 0 amide bonds. The van der Waals surface area contributed by atoms with Crippen molar-refractivity contribution < 1.29 is 27.8 Å². The second kappa shape index (κ2) is 5.57. The predicted octanol–water partition coefficient (Wildman–Crippen LogP) is 2.42. The molecule has 0 bridgehead atoms. The third kappa shape index (κ3) is 3.51. The van der Waals surface area contributed by atoms with Gasteiger partial charge in [-0.3, -0.25) is 4.79 Å². The van der Waals surface area contributed by atoms with Crippen LogP contribution >= 0.6 is 0 Å². The smallest absolute Gasteiger partial charge is 0.459 e. The van der Waals surface area contributed by atoms with Crippen LogP contribution in [0.4, 0.5) is 8.78 Å². The standard InChI is InChI=1S/C12H12F2O4/c1-3-17-11(16)12(13,14)18-10-6-4-5-9(7-10)8(2)15/h4-7H,3H2,1-2H3. The van der Waals surface area contributed by atoms with Crippen LogP contribution in [0.15, 0.2) is 24.3 Å². The van der Waals surface area contributed by atoms with Gasteiger partial charge in [-0.25, -0.2) is 4.79 Å². The van der Waals surface area contributed by atoms with E-state index in [2.05, 4.69) is 9.47 Å². The van der Waals surface area contributed by atoms with Gasteiger partial charge in [0.05, 0.1) is 6.61 Å². The van der Waals surface area contributed by atoms with Gasteiger partial charge in [0, 0.05) is 5.56 Å². The van der Waals surface area contributed by atoms with Gasteiger partial charge < -0.3 is 9.47 Å². The topological polar surface area (TPSA) is 52.6 Å². The van der Waals surface area contributed by atoms with Crippen molar-refractivity contribution in [2.45, 2.75) is 20.0 Å². The fourth-order valence-corrected chi connectivity index (χ4v) is 1.18. The number of carbonyl (C=O) groups excluding carboxylic acids is 2. The highest BCUT2D eigenvalue weighted by molar-refractivity contribution is 5.94. The Morgan fingerprint density at radius 3 is 2.56 bits per heavy atom. The van der Waals surface area contributed by atoms with Crippen LogP contribution in [0.5, 0.6) is 5.75 Å². The Morgan fingerprint density at radius 2 is 2.00 bits per heavy atom. The van der Waals surface area contributed by atoms with Crippen molar-refractivity contribution >= 4 is 11.8 Å². The fourth-order valence-electron chi connectivity index (χ4n) is 1.18. The van der Waals surface area contributed by atoms with E-state index >= 15 is 0 Å². The van der Waals surface area contributed by atoms with E-state index in [9.17, 15) is 18.4 Å². The molecule has 0 aliphatic rings. The predicted molar refractivity (Wildman–Crippen MR) is 58.7 cm³/mol. The molecule has 0 aliphatic carbocycles. The molecule has 1 rings (SSSR count). The third-order valence-electron chi connectivity index (χ3n) is 2.00. The summed E-state index contributed by atoms with van der Waals surface area (Å²) >= 11 is 0. The molecule has 0 heterocycles. The second-order valence-corrected chi connectivity index (χ2v) is 3.42. The van der Waals surface area contributed by atoms with Crippen molar-refractivity contribution in [2.75, 3.05) is 6.61 Å². The first-order chi connectivity index (χ1) is 8.36. The molecular formula is C12H12F2O4. The maximum absolute atomic E-state index is 13.2. The molecule has 0 radical (unpaired) electrons. The summed E-state index contributed by atoms with van der Waals surface area (Å²) in [5, 5.41) is 0. The number of ketones is 1. The lowest BCUT2D eigenvalue weighted by Crippen LogP contribution is -2.36. The van der Waals surface area contributed by atoms with E-state index in [1.807, 2.05) is 0 Å². The number of esters is 1. The Bertz CT molecular complexity index is 457. The Morgan fingerprint density at radius 1 is 1.33 bits per heavy atom. The number of halogens is 2. The zero-order valence-corrected chi connectivity index (χ0v) is 9.91. The molecule has 0 spiro atoms. The molecule has 0 N–H and O–H groups in total. The average Bonchev–Trinajstić information content (AvgIpc) is 2.29. The summed E-state index contributed by atoms with van der Waals surface area (Å²) in [6, 6.07) is 5.19. The van der Waals surface area contributed by atoms with Crippen molar-refractivity contribution in [2.24, 2.45) is 0 Å². The number of hydrogen-bond acceptors (Lipinski definition) is 4. The van der Waals surface area contributed by atoms with Gasteiger partial charge in [0.25, 0.3) is 0 Å². The van der Waals surface area contributed by atoms with Crippen molar-refractivity contribution in [3.05, 3.63) is 29.8 Å². The lowest BCUT2D eigenvalue weighted by atomic mass is 10.1. The first-order valence-electron chi connectivity index (χ1n) is 5.22. The molecule has 1 aromatic rings. The highest BCUT2D eigenvalue weighted by Crippen LogP contribution is 2.23. The number of Topliss-reactive ketones (excluding diaryl/α,β-unsaturated/α-hetero) is 1. The zero-order valence-electron chi connectivity index (χ0n) is 9.91. The molecule has 18 heavy (non-hydrogen) atoms. The fraction of sp³-hybridized carbons (Fsp3) is 0.333. The summed E-state index contributed by atoms with van der Waals surface area (Å²) in [5.74, 6) is -2.33. The van der Waals surface area contributed by atoms with E-state index in [-0.39, 0.29) is 23.7 Å². The molecule has 4 nitrogen and oxygen atoms in total. The number of hydrogen-bond donors (Lipinski definition) is 0.